The maximum Gasteiger partial charge on any atom is 0.251 e. The standard InChI is InChI=1S/C15H14N6O/c22-15(12-1-4-16-5-2-12)19-8-10-21-9-3-13(20-21)14-11-17-6-7-18-14/h1-7,9,11H,8,10H2,(H,19,22). The van der Waals surface area contributed by atoms with Crippen LogP contribution in [0.5, 0.6) is 0 Å². The third kappa shape index (κ3) is 3.32. The Morgan fingerprint density at radius 1 is 1.05 bits per heavy atom. The number of rotatable bonds is 5. The second kappa shape index (κ2) is 6.57. The van der Waals surface area contributed by atoms with E-state index in [4.69, 9.17) is 0 Å². The Balaban J connectivity index is 1.55. The Bertz CT molecular complexity index is 741. The topological polar surface area (TPSA) is 85.6 Å². The molecule has 0 aliphatic heterocycles. The third-order valence-corrected chi connectivity index (χ3v) is 3.04. The lowest BCUT2D eigenvalue weighted by atomic mass is 10.2. The first-order chi connectivity index (χ1) is 10.8. The maximum absolute atomic E-state index is 11.9. The number of amides is 1. The Hall–Kier alpha value is -3.09. The van der Waals surface area contributed by atoms with Crippen LogP contribution in [0.25, 0.3) is 11.4 Å². The summed E-state index contributed by atoms with van der Waals surface area (Å²) in [7, 11) is 0. The fourth-order valence-corrected chi connectivity index (χ4v) is 1.94. The molecule has 0 unspecified atom stereocenters. The molecule has 0 aliphatic rings. The van der Waals surface area contributed by atoms with Gasteiger partial charge in [-0.1, -0.05) is 0 Å². The van der Waals surface area contributed by atoms with Crippen LogP contribution in [-0.4, -0.2) is 37.2 Å². The summed E-state index contributed by atoms with van der Waals surface area (Å²) in [6.45, 7) is 1.07. The van der Waals surface area contributed by atoms with Crippen LogP contribution in [0.4, 0.5) is 0 Å². The second-order valence-electron chi connectivity index (χ2n) is 4.55. The molecule has 3 rings (SSSR count). The summed E-state index contributed by atoms with van der Waals surface area (Å²) in [6, 6.07) is 5.22. The highest BCUT2D eigenvalue weighted by Gasteiger charge is 2.05. The van der Waals surface area contributed by atoms with E-state index in [1.807, 2.05) is 12.3 Å². The minimum Gasteiger partial charge on any atom is -0.350 e. The number of nitrogens with zero attached hydrogens (tertiary/aromatic N) is 5. The van der Waals surface area contributed by atoms with Gasteiger partial charge in [0.05, 0.1) is 12.7 Å². The number of hydrogen-bond donors (Lipinski definition) is 1. The molecule has 22 heavy (non-hydrogen) atoms. The molecule has 0 saturated carbocycles. The summed E-state index contributed by atoms with van der Waals surface area (Å²) in [4.78, 5) is 24.0. The van der Waals surface area contributed by atoms with Crippen molar-refractivity contribution in [3.63, 3.8) is 0 Å². The molecule has 0 aliphatic carbocycles. The number of nitrogens with one attached hydrogen (secondary N) is 1. The molecule has 0 fully saturated rings. The van der Waals surface area contributed by atoms with Gasteiger partial charge in [-0.3, -0.25) is 24.4 Å². The lowest BCUT2D eigenvalue weighted by Crippen LogP contribution is -2.27. The molecular weight excluding hydrogens is 280 g/mol. The largest absolute Gasteiger partial charge is 0.350 e. The molecule has 3 aromatic heterocycles. The molecule has 3 heterocycles. The molecule has 0 bridgehead atoms. The van der Waals surface area contributed by atoms with E-state index >= 15 is 0 Å². The number of carbonyl (C=O) groups is 1. The van der Waals surface area contributed by atoms with Gasteiger partial charge in [0.1, 0.15) is 11.4 Å². The molecule has 1 N–H and O–H groups in total. The van der Waals surface area contributed by atoms with Crippen LogP contribution in [0.3, 0.4) is 0 Å². The van der Waals surface area contributed by atoms with Crippen molar-refractivity contribution in [1.29, 1.82) is 0 Å². The first-order valence-corrected chi connectivity index (χ1v) is 6.81. The Morgan fingerprint density at radius 3 is 2.68 bits per heavy atom. The van der Waals surface area contributed by atoms with Crippen LogP contribution in [0.15, 0.2) is 55.4 Å². The average Bonchev–Trinajstić information content (AvgIpc) is 3.05. The highest BCUT2D eigenvalue weighted by molar-refractivity contribution is 5.93. The highest BCUT2D eigenvalue weighted by Crippen LogP contribution is 2.11. The van der Waals surface area contributed by atoms with Crippen molar-refractivity contribution in [1.82, 2.24) is 30.0 Å². The van der Waals surface area contributed by atoms with Crippen molar-refractivity contribution in [2.75, 3.05) is 6.54 Å². The van der Waals surface area contributed by atoms with Crippen LogP contribution >= 0.6 is 0 Å². The van der Waals surface area contributed by atoms with E-state index in [1.54, 1.807) is 47.8 Å². The van der Waals surface area contributed by atoms with Gasteiger partial charge in [0, 0.05) is 43.1 Å². The quantitative estimate of drug-likeness (QED) is 0.763. The predicted molar refractivity (Wildman–Crippen MR) is 79.8 cm³/mol. The van der Waals surface area contributed by atoms with Crippen molar-refractivity contribution in [2.45, 2.75) is 6.54 Å². The van der Waals surface area contributed by atoms with Gasteiger partial charge in [-0.15, -0.1) is 0 Å². The minimum atomic E-state index is -0.122. The lowest BCUT2D eigenvalue weighted by Gasteiger charge is -2.05. The fraction of sp³-hybridized carbons (Fsp3) is 0.133. The second-order valence-corrected chi connectivity index (χ2v) is 4.55. The van der Waals surface area contributed by atoms with Crippen molar-refractivity contribution in [3.05, 3.63) is 60.9 Å². The van der Waals surface area contributed by atoms with Crippen molar-refractivity contribution < 1.29 is 4.79 Å². The summed E-state index contributed by atoms with van der Waals surface area (Å²) in [5.41, 5.74) is 2.08. The summed E-state index contributed by atoms with van der Waals surface area (Å²) in [5, 5.41) is 7.24. The smallest absolute Gasteiger partial charge is 0.251 e. The zero-order valence-corrected chi connectivity index (χ0v) is 11.8. The van der Waals surface area contributed by atoms with E-state index in [0.29, 0.717) is 18.7 Å². The zero-order chi connectivity index (χ0) is 15.2. The maximum atomic E-state index is 11.9. The monoisotopic (exact) mass is 294 g/mol. The van der Waals surface area contributed by atoms with Crippen LogP contribution in [-0.2, 0) is 6.54 Å². The molecule has 0 aromatic carbocycles. The van der Waals surface area contributed by atoms with Crippen LogP contribution < -0.4 is 5.32 Å². The molecular formula is C15H14N6O. The number of hydrogen-bond acceptors (Lipinski definition) is 5. The number of carbonyl (C=O) groups excluding carboxylic acids is 1. The number of pyridine rings is 1. The SMILES string of the molecule is O=C(NCCn1ccc(-c2cnccn2)n1)c1ccncc1. The molecule has 0 saturated heterocycles. The van der Waals surface area contributed by atoms with Gasteiger partial charge < -0.3 is 5.32 Å². The summed E-state index contributed by atoms with van der Waals surface area (Å²) in [6.07, 6.45) is 9.95. The molecule has 7 nitrogen and oxygen atoms in total. The van der Waals surface area contributed by atoms with Gasteiger partial charge in [0.2, 0.25) is 0 Å². The van der Waals surface area contributed by atoms with Crippen LogP contribution in [0, 0.1) is 0 Å². The molecule has 0 spiro atoms. The first kappa shape index (κ1) is 13.9. The summed E-state index contributed by atoms with van der Waals surface area (Å²) < 4.78 is 1.76. The Labute approximate surface area is 127 Å². The predicted octanol–water partition coefficient (Wildman–Crippen LogP) is 1.17. The summed E-state index contributed by atoms with van der Waals surface area (Å²) >= 11 is 0. The number of aromatic nitrogens is 5. The molecule has 0 radical (unpaired) electrons. The van der Waals surface area contributed by atoms with Gasteiger partial charge >= 0.3 is 0 Å². The van der Waals surface area contributed by atoms with E-state index in [0.717, 1.165) is 11.4 Å². The van der Waals surface area contributed by atoms with E-state index in [2.05, 4.69) is 25.4 Å². The highest BCUT2D eigenvalue weighted by atomic mass is 16.1. The van der Waals surface area contributed by atoms with Gasteiger partial charge in [-0.25, -0.2) is 0 Å². The van der Waals surface area contributed by atoms with Crippen molar-refractivity contribution in [2.24, 2.45) is 0 Å². The lowest BCUT2D eigenvalue weighted by molar-refractivity contribution is 0.0952. The van der Waals surface area contributed by atoms with Gasteiger partial charge in [-0.2, -0.15) is 5.10 Å². The van der Waals surface area contributed by atoms with Gasteiger partial charge in [-0.05, 0) is 18.2 Å². The average molecular weight is 294 g/mol. The Morgan fingerprint density at radius 2 is 1.91 bits per heavy atom. The van der Waals surface area contributed by atoms with E-state index in [-0.39, 0.29) is 5.91 Å². The van der Waals surface area contributed by atoms with E-state index in [9.17, 15) is 4.79 Å². The molecule has 110 valence electrons. The molecule has 1 amide bonds. The van der Waals surface area contributed by atoms with Gasteiger partial charge in [0.15, 0.2) is 0 Å². The zero-order valence-electron chi connectivity index (χ0n) is 11.8. The van der Waals surface area contributed by atoms with E-state index < -0.39 is 0 Å². The Kier molecular flexibility index (Phi) is 4.15. The van der Waals surface area contributed by atoms with Crippen molar-refractivity contribution in [3.8, 4) is 11.4 Å². The normalized spacial score (nSPS) is 10.4. The third-order valence-electron chi connectivity index (χ3n) is 3.04. The molecule has 3 aromatic rings. The van der Waals surface area contributed by atoms with E-state index in [1.165, 1.54) is 0 Å². The molecule has 7 heteroatoms. The fourth-order valence-electron chi connectivity index (χ4n) is 1.94. The summed E-state index contributed by atoms with van der Waals surface area (Å²) in [5.74, 6) is -0.122. The molecule has 0 atom stereocenters. The van der Waals surface area contributed by atoms with Crippen LogP contribution in [0.2, 0.25) is 0 Å². The van der Waals surface area contributed by atoms with Crippen molar-refractivity contribution >= 4 is 5.91 Å². The van der Waals surface area contributed by atoms with Crippen LogP contribution in [0.1, 0.15) is 10.4 Å². The van der Waals surface area contributed by atoms with Gasteiger partial charge in [0.25, 0.3) is 5.91 Å². The first-order valence-electron chi connectivity index (χ1n) is 6.81. The minimum absolute atomic E-state index is 0.122.